The molecule has 3 heteroatoms. The van der Waals surface area contributed by atoms with Crippen molar-refractivity contribution in [1.82, 2.24) is 0 Å². The Balaban J connectivity index is 2.22. The molecule has 1 aliphatic heterocycles. The van der Waals surface area contributed by atoms with Crippen LogP contribution in [-0.2, 0) is 9.53 Å². The quantitative estimate of drug-likeness (QED) is 0.610. The Labute approximate surface area is 95.1 Å². The van der Waals surface area contributed by atoms with E-state index in [4.69, 9.17) is 0 Å². The third kappa shape index (κ3) is 1.94. The van der Waals surface area contributed by atoms with E-state index in [9.17, 15) is 4.79 Å². The minimum atomic E-state index is -0.309. The average Bonchev–Trinajstić information content (AvgIpc) is 2.62. The molecule has 1 N–H and O–H groups in total. The number of nitrogens with one attached hydrogen (secondary N) is 1. The number of ether oxygens (including phenoxy) is 1. The fourth-order valence-corrected chi connectivity index (χ4v) is 2.04. The number of hydrogen-bond acceptors (Lipinski definition) is 3. The van der Waals surface area contributed by atoms with Crippen LogP contribution in [0.2, 0.25) is 0 Å². The van der Waals surface area contributed by atoms with E-state index in [2.05, 4.69) is 29.1 Å². The van der Waals surface area contributed by atoms with Gasteiger partial charge >= 0.3 is 5.97 Å². The molecular weight excluding hydrogens is 202 g/mol. The van der Waals surface area contributed by atoms with Crippen LogP contribution < -0.4 is 5.32 Å². The van der Waals surface area contributed by atoms with Crippen molar-refractivity contribution in [3.05, 3.63) is 42.0 Å². The molecule has 2 atom stereocenters. The molecule has 1 aliphatic rings. The minimum absolute atomic E-state index is 0.232. The van der Waals surface area contributed by atoms with Crippen molar-refractivity contribution in [1.29, 1.82) is 0 Å². The fraction of sp³-hybridized carbons (Fsp3) is 0.308. The van der Waals surface area contributed by atoms with Crippen LogP contribution in [-0.4, -0.2) is 19.1 Å². The topological polar surface area (TPSA) is 38.3 Å². The van der Waals surface area contributed by atoms with Crippen LogP contribution in [0.3, 0.4) is 0 Å². The summed E-state index contributed by atoms with van der Waals surface area (Å²) in [4.78, 5) is 11.1. The monoisotopic (exact) mass is 217 g/mol. The summed E-state index contributed by atoms with van der Waals surface area (Å²) in [5, 5.41) is 3.39. The highest BCUT2D eigenvalue weighted by molar-refractivity contribution is 5.82. The van der Waals surface area contributed by atoms with Crippen LogP contribution >= 0.6 is 0 Å². The summed E-state index contributed by atoms with van der Waals surface area (Å²) >= 11 is 0. The molecule has 0 aliphatic carbocycles. The zero-order valence-corrected chi connectivity index (χ0v) is 9.44. The molecule has 1 aromatic rings. The Morgan fingerprint density at radius 2 is 2.19 bits per heavy atom. The van der Waals surface area contributed by atoms with Gasteiger partial charge in [0.15, 0.2) is 0 Å². The smallest absolute Gasteiger partial charge is 0.330 e. The van der Waals surface area contributed by atoms with Crippen LogP contribution in [0, 0.1) is 0 Å². The van der Waals surface area contributed by atoms with E-state index in [0.717, 1.165) is 5.69 Å². The van der Waals surface area contributed by atoms with E-state index < -0.39 is 0 Å². The lowest BCUT2D eigenvalue weighted by Crippen LogP contribution is -2.14. The molecule has 2 unspecified atom stereocenters. The molecule has 0 saturated carbocycles. The maximum atomic E-state index is 11.1. The summed E-state index contributed by atoms with van der Waals surface area (Å²) in [6, 6.07) is 8.46. The molecule has 3 nitrogen and oxygen atoms in total. The Morgan fingerprint density at radius 1 is 1.44 bits per heavy atom. The number of anilines is 1. The molecule has 2 rings (SSSR count). The first-order valence-electron chi connectivity index (χ1n) is 5.34. The van der Waals surface area contributed by atoms with Gasteiger partial charge in [0.2, 0.25) is 0 Å². The molecule has 84 valence electrons. The maximum absolute atomic E-state index is 11.1. The number of benzene rings is 1. The molecule has 0 fully saturated rings. The van der Waals surface area contributed by atoms with Crippen molar-refractivity contribution in [3.63, 3.8) is 0 Å². The van der Waals surface area contributed by atoms with Gasteiger partial charge in [-0.25, -0.2) is 4.79 Å². The van der Waals surface area contributed by atoms with Gasteiger partial charge in [-0.3, -0.25) is 0 Å². The first-order chi connectivity index (χ1) is 7.72. The van der Waals surface area contributed by atoms with Gasteiger partial charge in [0.1, 0.15) is 0 Å². The summed E-state index contributed by atoms with van der Waals surface area (Å²) in [7, 11) is 1.39. The summed E-state index contributed by atoms with van der Waals surface area (Å²) < 4.78 is 4.59. The molecule has 16 heavy (non-hydrogen) atoms. The number of methoxy groups -OCH3 is 1. The molecule has 0 aromatic heterocycles. The molecule has 0 bridgehead atoms. The van der Waals surface area contributed by atoms with Gasteiger partial charge in [0.05, 0.1) is 7.11 Å². The highest BCUT2D eigenvalue weighted by Crippen LogP contribution is 2.36. The van der Waals surface area contributed by atoms with Gasteiger partial charge in [-0.2, -0.15) is 0 Å². The van der Waals surface area contributed by atoms with E-state index in [1.54, 1.807) is 0 Å². The zero-order valence-electron chi connectivity index (χ0n) is 9.44. The largest absolute Gasteiger partial charge is 0.466 e. The number of carbonyl (C=O) groups is 1. The van der Waals surface area contributed by atoms with Gasteiger partial charge in [0.25, 0.3) is 0 Å². The number of fused-ring (bicyclic) bond motifs is 1. The van der Waals surface area contributed by atoms with Crippen LogP contribution in [0.25, 0.3) is 0 Å². The van der Waals surface area contributed by atoms with Crippen molar-refractivity contribution in [3.8, 4) is 0 Å². The third-order valence-electron chi connectivity index (χ3n) is 2.88. The number of hydrogen-bond donors (Lipinski definition) is 1. The van der Waals surface area contributed by atoms with Gasteiger partial charge in [-0.05, 0) is 18.6 Å². The Morgan fingerprint density at radius 3 is 2.94 bits per heavy atom. The van der Waals surface area contributed by atoms with Crippen molar-refractivity contribution >= 4 is 11.7 Å². The molecule has 0 saturated heterocycles. The standard InChI is InChI=1S/C13H15NO2/c1-9-10(7-8-13(15)16-2)11-5-3-4-6-12(11)14-9/h3-10,14H,1-2H3. The highest BCUT2D eigenvalue weighted by atomic mass is 16.5. The number of para-hydroxylation sites is 1. The van der Waals surface area contributed by atoms with Crippen LogP contribution in [0.5, 0.6) is 0 Å². The van der Waals surface area contributed by atoms with Crippen molar-refractivity contribution < 1.29 is 9.53 Å². The maximum Gasteiger partial charge on any atom is 0.330 e. The van der Waals surface area contributed by atoms with Crippen molar-refractivity contribution in [2.45, 2.75) is 18.9 Å². The van der Waals surface area contributed by atoms with E-state index in [1.165, 1.54) is 18.7 Å². The number of esters is 1. The van der Waals surface area contributed by atoms with Crippen LogP contribution in [0.1, 0.15) is 18.4 Å². The zero-order chi connectivity index (χ0) is 11.5. The molecule has 1 aromatic carbocycles. The lowest BCUT2D eigenvalue weighted by Gasteiger charge is -2.10. The fourth-order valence-electron chi connectivity index (χ4n) is 2.04. The molecule has 0 spiro atoms. The normalized spacial score (nSPS) is 22.9. The summed E-state index contributed by atoms with van der Waals surface area (Å²) in [6.07, 6.45) is 3.39. The van der Waals surface area contributed by atoms with E-state index >= 15 is 0 Å². The first-order valence-corrected chi connectivity index (χ1v) is 5.34. The Hall–Kier alpha value is -1.77. The van der Waals surface area contributed by atoms with E-state index in [1.807, 2.05) is 18.2 Å². The molecule has 0 radical (unpaired) electrons. The highest BCUT2D eigenvalue weighted by Gasteiger charge is 2.26. The average molecular weight is 217 g/mol. The summed E-state index contributed by atoms with van der Waals surface area (Å²) in [6.45, 7) is 2.10. The second kappa shape index (κ2) is 4.39. The van der Waals surface area contributed by atoms with Gasteiger partial charge in [0, 0.05) is 23.7 Å². The summed E-state index contributed by atoms with van der Waals surface area (Å²) in [5.74, 6) is -0.0770. The van der Waals surface area contributed by atoms with Crippen LogP contribution in [0.4, 0.5) is 5.69 Å². The Bertz CT molecular complexity index is 426. The molecular formula is C13H15NO2. The lowest BCUT2D eigenvalue weighted by molar-refractivity contribution is -0.134. The third-order valence-corrected chi connectivity index (χ3v) is 2.88. The second-order valence-corrected chi connectivity index (χ2v) is 3.93. The predicted octanol–water partition coefficient (Wildman–Crippen LogP) is 2.31. The summed E-state index contributed by atoms with van der Waals surface area (Å²) in [5.41, 5.74) is 2.38. The van der Waals surface area contributed by atoms with Gasteiger partial charge in [-0.1, -0.05) is 24.3 Å². The minimum Gasteiger partial charge on any atom is -0.466 e. The van der Waals surface area contributed by atoms with Crippen molar-refractivity contribution in [2.75, 3.05) is 12.4 Å². The van der Waals surface area contributed by atoms with E-state index in [0.29, 0.717) is 6.04 Å². The lowest BCUT2D eigenvalue weighted by atomic mass is 9.96. The van der Waals surface area contributed by atoms with E-state index in [-0.39, 0.29) is 11.9 Å². The van der Waals surface area contributed by atoms with Crippen molar-refractivity contribution in [2.24, 2.45) is 0 Å². The number of carbonyl (C=O) groups excluding carboxylic acids is 1. The molecule has 1 heterocycles. The van der Waals surface area contributed by atoms with Gasteiger partial charge < -0.3 is 10.1 Å². The van der Waals surface area contributed by atoms with Crippen LogP contribution in [0.15, 0.2) is 36.4 Å². The van der Waals surface area contributed by atoms with Gasteiger partial charge in [-0.15, -0.1) is 0 Å². The second-order valence-electron chi connectivity index (χ2n) is 3.93. The number of rotatable bonds is 2. The molecule has 0 amide bonds. The predicted molar refractivity (Wildman–Crippen MR) is 63.4 cm³/mol. The SMILES string of the molecule is COC(=O)C=CC1c2ccccc2NC1C. The Kier molecular flexibility index (Phi) is 2.95. The first kappa shape index (κ1) is 10.7.